The summed E-state index contributed by atoms with van der Waals surface area (Å²) in [5, 5.41) is 2.20. The normalized spacial score (nSPS) is 20.3. The van der Waals surface area contributed by atoms with E-state index in [1.807, 2.05) is 19.9 Å². The molecule has 2 unspecified atom stereocenters. The predicted molar refractivity (Wildman–Crippen MR) is 97.8 cm³/mol. The van der Waals surface area contributed by atoms with Gasteiger partial charge in [-0.1, -0.05) is 40.2 Å². The number of amides is 4. The minimum Gasteiger partial charge on any atom is -0.295 e. The molecule has 0 aromatic heterocycles. The molecule has 6 nitrogen and oxygen atoms in total. The SMILES string of the molecule is CC.CCCC(C)c1ccc2c(c1)C(=O)N(C1CCC(=O)NC1=O)C2=O. The van der Waals surface area contributed by atoms with Crippen LogP contribution in [0.5, 0.6) is 0 Å². The summed E-state index contributed by atoms with van der Waals surface area (Å²) in [4.78, 5) is 49.6. The zero-order chi connectivity index (χ0) is 19.4. The van der Waals surface area contributed by atoms with Crippen LogP contribution in [0.25, 0.3) is 0 Å². The Balaban J connectivity index is 0.00000117. The van der Waals surface area contributed by atoms with Crippen molar-refractivity contribution in [1.29, 1.82) is 0 Å². The number of nitrogens with one attached hydrogen (secondary N) is 1. The standard InChI is InChI=1S/C18H20N2O4.C2H6/c1-3-4-10(2)11-5-6-12-13(9-11)18(24)20(17(12)23)14-7-8-15(21)19-16(14)22;1-2/h5-6,9-10,14H,3-4,7-8H2,1-2H3,(H,19,21,22);1-2H3. The van der Waals surface area contributed by atoms with Crippen LogP contribution in [0.4, 0.5) is 0 Å². The Hall–Kier alpha value is -2.50. The number of hydrogen-bond donors (Lipinski definition) is 1. The lowest BCUT2D eigenvalue weighted by molar-refractivity contribution is -0.136. The van der Waals surface area contributed by atoms with Crippen molar-refractivity contribution in [2.24, 2.45) is 0 Å². The lowest BCUT2D eigenvalue weighted by atomic mass is 9.93. The maximum atomic E-state index is 12.7. The van der Waals surface area contributed by atoms with Crippen LogP contribution in [-0.4, -0.2) is 34.6 Å². The van der Waals surface area contributed by atoms with E-state index < -0.39 is 23.8 Å². The second-order valence-corrected chi connectivity index (χ2v) is 6.44. The number of carbonyl (C=O) groups excluding carboxylic acids is 4. The van der Waals surface area contributed by atoms with Crippen LogP contribution in [0.2, 0.25) is 0 Å². The molecule has 1 fully saturated rings. The molecule has 1 saturated heterocycles. The molecule has 1 aromatic rings. The fourth-order valence-electron chi connectivity index (χ4n) is 3.39. The van der Waals surface area contributed by atoms with Crippen LogP contribution in [0.3, 0.4) is 0 Å². The van der Waals surface area contributed by atoms with Gasteiger partial charge in [-0.05, 0) is 36.5 Å². The number of fused-ring (bicyclic) bond motifs is 1. The highest BCUT2D eigenvalue weighted by atomic mass is 16.2. The molecule has 0 radical (unpaired) electrons. The first-order valence-electron chi connectivity index (χ1n) is 9.29. The minimum absolute atomic E-state index is 0.128. The summed E-state index contributed by atoms with van der Waals surface area (Å²) in [5.74, 6) is -1.56. The molecule has 0 bridgehead atoms. The highest BCUT2D eigenvalue weighted by molar-refractivity contribution is 6.23. The summed E-state index contributed by atoms with van der Waals surface area (Å²) < 4.78 is 0. The topological polar surface area (TPSA) is 83.6 Å². The van der Waals surface area contributed by atoms with Crippen molar-refractivity contribution in [3.05, 3.63) is 34.9 Å². The largest absolute Gasteiger partial charge is 0.295 e. The fourth-order valence-corrected chi connectivity index (χ4v) is 3.39. The van der Waals surface area contributed by atoms with Crippen molar-refractivity contribution in [2.75, 3.05) is 0 Å². The number of rotatable bonds is 4. The Morgan fingerprint density at radius 1 is 1.12 bits per heavy atom. The molecule has 2 atom stereocenters. The molecule has 26 heavy (non-hydrogen) atoms. The summed E-state index contributed by atoms with van der Waals surface area (Å²) >= 11 is 0. The van der Waals surface area contributed by atoms with E-state index in [4.69, 9.17) is 0 Å². The van der Waals surface area contributed by atoms with Gasteiger partial charge in [-0.15, -0.1) is 0 Å². The van der Waals surface area contributed by atoms with Crippen LogP contribution in [-0.2, 0) is 9.59 Å². The third kappa shape index (κ3) is 3.54. The van der Waals surface area contributed by atoms with Gasteiger partial charge in [0.15, 0.2) is 0 Å². The minimum atomic E-state index is -0.911. The van der Waals surface area contributed by atoms with Crippen LogP contribution >= 0.6 is 0 Å². The molecule has 2 aliphatic rings. The first-order chi connectivity index (χ1) is 12.4. The molecule has 1 N–H and O–H groups in total. The van der Waals surface area contributed by atoms with Gasteiger partial charge >= 0.3 is 0 Å². The van der Waals surface area contributed by atoms with Crippen LogP contribution in [0.15, 0.2) is 18.2 Å². The van der Waals surface area contributed by atoms with Crippen molar-refractivity contribution >= 4 is 23.6 Å². The predicted octanol–water partition coefficient (Wildman–Crippen LogP) is 3.02. The lowest BCUT2D eigenvalue weighted by Crippen LogP contribution is -2.54. The van der Waals surface area contributed by atoms with E-state index in [-0.39, 0.29) is 18.7 Å². The van der Waals surface area contributed by atoms with Crippen LogP contribution < -0.4 is 5.32 Å². The molecule has 0 saturated carbocycles. The van der Waals surface area contributed by atoms with E-state index >= 15 is 0 Å². The molecule has 140 valence electrons. The Bertz CT molecular complexity index is 741. The van der Waals surface area contributed by atoms with Crippen molar-refractivity contribution in [2.45, 2.75) is 65.3 Å². The van der Waals surface area contributed by atoms with Crippen molar-refractivity contribution in [3.63, 3.8) is 0 Å². The van der Waals surface area contributed by atoms with E-state index in [9.17, 15) is 19.2 Å². The summed E-state index contributed by atoms with van der Waals surface area (Å²) in [6.45, 7) is 8.19. The van der Waals surface area contributed by atoms with Gasteiger partial charge in [-0.25, -0.2) is 0 Å². The average molecular weight is 358 g/mol. The molecule has 6 heteroatoms. The van der Waals surface area contributed by atoms with Gasteiger partial charge in [0.2, 0.25) is 11.8 Å². The smallest absolute Gasteiger partial charge is 0.262 e. The summed E-state index contributed by atoms with van der Waals surface area (Å²) in [7, 11) is 0. The van der Waals surface area contributed by atoms with E-state index in [0.29, 0.717) is 17.0 Å². The van der Waals surface area contributed by atoms with Gasteiger partial charge < -0.3 is 0 Å². The summed E-state index contributed by atoms with van der Waals surface area (Å²) in [6.07, 6.45) is 2.34. The zero-order valence-corrected chi connectivity index (χ0v) is 15.8. The van der Waals surface area contributed by atoms with E-state index in [0.717, 1.165) is 23.3 Å². The monoisotopic (exact) mass is 358 g/mol. The number of piperidine rings is 1. The Kier molecular flexibility index (Phi) is 6.29. The second-order valence-electron chi connectivity index (χ2n) is 6.44. The summed E-state index contributed by atoms with van der Waals surface area (Å²) in [6, 6.07) is 4.40. The molecule has 2 heterocycles. The Morgan fingerprint density at radius 3 is 2.38 bits per heavy atom. The van der Waals surface area contributed by atoms with Gasteiger partial charge in [0.1, 0.15) is 6.04 Å². The molecule has 1 aromatic carbocycles. The maximum Gasteiger partial charge on any atom is 0.262 e. The molecule has 0 spiro atoms. The molecule has 2 aliphatic heterocycles. The summed E-state index contributed by atoms with van der Waals surface area (Å²) in [5.41, 5.74) is 1.70. The highest BCUT2D eigenvalue weighted by Crippen LogP contribution is 2.31. The molecule has 3 rings (SSSR count). The van der Waals surface area contributed by atoms with Gasteiger partial charge in [0, 0.05) is 6.42 Å². The number of carbonyl (C=O) groups is 4. The van der Waals surface area contributed by atoms with E-state index in [1.54, 1.807) is 12.1 Å². The highest BCUT2D eigenvalue weighted by Gasteiger charge is 2.44. The number of benzene rings is 1. The van der Waals surface area contributed by atoms with Crippen molar-refractivity contribution in [1.82, 2.24) is 10.2 Å². The quantitative estimate of drug-likeness (QED) is 0.839. The molecule has 4 amide bonds. The Morgan fingerprint density at radius 2 is 1.77 bits per heavy atom. The number of hydrogen-bond acceptors (Lipinski definition) is 4. The first-order valence-corrected chi connectivity index (χ1v) is 9.29. The van der Waals surface area contributed by atoms with Crippen LogP contribution in [0.1, 0.15) is 85.6 Å². The lowest BCUT2D eigenvalue weighted by Gasteiger charge is -2.27. The average Bonchev–Trinajstić information content (AvgIpc) is 2.88. The molecular formula is C20H26N2O4. The number of imide groups is 2. The fraction of sp³-hybridized carbons (Fsp3) is 0.500. The van der Waals surface area contributed by atoms with E-state index in [2.05, 4.69) is 19.2 Å². The maximum absolute atomic E-state index is 12.7. The Labute approximate surface area is 153 Å². The van der Waals surface area contributed by atoms with Gasteiger partial charge in [0.25, 0.3) is 11.8 Å². The zero-order valence-electron chi connectivity index (χ0n) is 15.8. The van der Waals surface area contributed by atoms with E-state index in [1.165, 1.54) is 0 Å². The third-order valence-electron chi connectivity index (χ3n) is 4.75. The van der Waals surface area contributed by atoms with Gasteiger partial charge in [-0.2, -0.15) is 0 Å². The number of nitrogens with zero attached hydrogens (tertiary/aromatic N) is 1. The van der Waals surface area contributed by atoms with Crippen molar-refractivity contribution < 1.29 is 19.2 Å². The second kappa shape index (κ2) is 8.25. The molecule has 0 aliphatic carbocycles. The van der Waals surface area contributed by atoms with Crippen LogP contribution in [0, 0.1) is 0 Å². The van der Waals surface area contributed by atoms with Gasteiger partial charge in [-0.3, -0.25) is 29.4 Å². The molecular weight excluding hydrogens is 332 g/mol. The first kappa shape index (κ1) is 19.8. The van der Waals surface area contributed by atoms with Crippen molar-refractivity contribution in [3.8, 4) is 0 Å². The van der Waals surface area contributed by atoms with Gasteiger partial charge in [0.05, 0.1) is 11.1 Å². The third-order valence-corrected chi connectivity index (χ3v) is 4.75.